The molecule has 0 N–H and O–H groups in total. The molecule has 5 rings (SSSR count). The number of piperidine rings is 1. The minimum Gasteiger partial charge on any atom is -0.461 e. The van der Waals surface area contributed by atoms with Crippen molar-refractivity contribution in [2.75, 3.05) is 13.2 Å². The van der Waals surface area contributed by atoms with Gasteiger partial charge in [-0.15, -0.1) is 0 Å². The molecule has 0 bridgehead atoms. The summed E-state index contributed by atoms with van der Waals surface area (Å²) in [6.45, 7) is 5.02. The molecule has 0 unspecified atom stereocenters. The lowest BCUT2D eigenvalue weighted by atomic mass is 9.99. The third-order valence-corrected chi connectivity index (χ3v) is 6.96. The van der Waals surface area contributed by atoms with E-state index in [0.29, 0.717) is 11.6 Å². The molecular weight excluding hydrogens is 450 g/mol. The van der Waals surface area contributed by atoms with E-state index >= 15 is 0 Å². The quantitative estimate of drug-likeness (QED) is 0.304. The highest BCUT2D eigenvalue weighted by Gasteiger charge is 2.26. The molecule has 1 saturated heterocycles. The molecule has 0 saturated carbocycles. The van der Waals surface area contributed by atoms with Gasteiger partial charge in [0, 0.05) is 23.7 Å². The summed E-state index contributed by atoms with van der Waals surface area (Å²) in [5.41, 5.74) is 3.42. The average Bonchev–Trinajstić information content (AvgIpc) is 3.38. The van der Waals surface area contributed by atoms with Crippen molar-refractivity contribution in [2.45, 2.75) is 45.6 Å². The summed E-state index contributed by atoms with van der Waals surface area (Å²) in [6.07, 6.45) is 4.28. The molecule has 2 heterocycles. The SMILES string of the molecule is CCOC(=O)c1cc(-c2ccc3ccccc3c2)n(-c2ccc(C(=O)N3CCCC[C@@H]3CC)cc2)n1. The molecule has 0 radical (unpaired) electrons. The second-order valence-corrected chi connectivity index (χ2v) is 9.21. The maximum Gasteiger partial charge on any atom is 0.358 e. The number of esters is 1. The van der Waals surface area contributed by atoms with E-state index in [-0.39, 0.29) is 18.2 Å². The van der Waals surface area contributed by atoms with E-state index in [1.807, 2.05) is 47.4 Å². The van der Waals surface area contributed by atoms with Crippen LogP contribution in [0.4, 0.5) is 0 Å². The number of hydrogen-bond acceptors (Lipinski definition) is 4. The Labute approximate surface area is 211 Å². The lowest BCUT2D eigenvalue weighted by Gasteiger charge is -2.35. The number of carbonyl (C=O) groups is 2. The summed E-state index contributed by atoms with van der Waals surface area (Å²) >= 11 is 0. The number of ether oxygens (including phenoxy) is 1. The van der Waals surface area contributed by atoms with Crippen molar-refractivity contribution in [1.82, 2.24) is 14.7 Å². The molecule has 0 spiro atoms. The first kappa shape index (κ1) is 23.8. The highest BCUT2D eigenvalue weighted by atomic mass is 16.5. The molecule has 1 aliphatic heterocycles. The first-order chi connectivity index (χ1) is 17.6. The fourth-order valence-electron chi connectivity index (χ4n) is 5.04. The smallest absolute Gasteiger partial charge is 0.358 e. The van der Waals surface area contributed by atoms with Crippen LogP contribution in [-0.4, -0.2) is 45.8 Å². The molecule has 3 aromatic carbocycles. The van der Waals surface area contributed by atoms with Crippen molar-refractivity contribution in [1.29, 1.82) is 0 Å². The molecular formula is C30H31N3O3. The van der Waals surface area contributed by atoms with E-state index in [1.54, 1.807) is 17.7 Å². The standard InChI is InChI=1S/C30H31N3O3/c1-3-25-11-7-8-18-32(25)29(34)22-14-16-26(17-15-22)33-28(20-27(31-33)30(35)36-4-2)24-13-12-21-9-5-6-10-23(21)19-24/h5-6,9-10,12-17,19-20,25H,3-4,7-8,11,18H2,1-2H3/t25-/m0/s1. The molecule has 6 heteroatoms. The molecule has 1 fully saturated rings. The number of carbonyl (C=O) groups excluding carboxylic acids is 2. The molecule has 0 aliphatic carbocycles. The molecule has 36 heavy (non-hydrogen) atoms. The topological polar surface area (TPSA) is 64.4 Å². The summed E-state index contributed by atoms with van der Waals surface area (Å²) in [4.78, 5) is 27.8. The van der Waals surface area contributed by atoms with Crippen LogP contribution in [0, 0.1) is 0 Å². The molecule has 1 atom stereocenters. The Hall–Kier alpha value is -3.93. The molecule has 1 aliphatic rings. The number of benzene rings is 3. The van der Waals surface area contributed by atoms with E-state index in [9.17, 15) is 9.59 Å². The third-order valence-electron chi connectivity index (χ3n) is 6.96. The number of rotatable bonds is 6. The summed E-state index contributed by atoms with van der Waals surface area (Å²) in [7, 11) is 0. The molecule has 1 amide bonds. The van der Waals surface area contributed by atoms with E-state index in [2.05, 4.69) is 36.3 Å². The van der Waals surface area contributed by atoms with Gasteiger partial charge >= 0.3 is 5.97 Å². The Morgan fingerprint density at radius 2 is 1.72 bits per heavy atom. The maximum absolute atomic E-state index is 13.2. The van der Waals surface area contributed by atoms with Gasteiger partial charge in [0.15, 0.2) is 5.69 Å². The zero-order valence-electron chi connectivity index (χ0n) is 20.8. The van der Waals surface area contributed by atoms with Crippen LogP contribution in [0.5, 0.6) is 0 Å². The Morgan fingerprint density at radius 3 is 2.47 bits per heavy atom. The lowest BCUT2D eigenvalue weighted by molar-refractivity contribution is 0.0518. The van der Waals surface area contributed by atoms with Gasteiger partial charge in [0.25, 0.3) is 5.91 Å². The summed E-state index contributed by atoms with van der Waals surface area (Å²) < 4.78 is 6.96. The molecule has 4 aromatic rings. The number of amides is 1. The van der Waals surface area contributed by atoms with Gasteiger partial charge < -0.3 is 9.64 Å². The Bertz CT molecular complexity index is 1390. The molecule has 1 aromatic heterocycles. The second kappa shape index (κ2) is 10.4. The van der Waals surface area contributed by atoms with E-state index in [0.717, 1.165) is 53.5 Å². The first-order valence-corrected chi connectivity index (χ1v) is 12.8. The number of aromatic nitrogens is 2. The minimum atomic E-state index is -0.458. The van der Waals surface area contributed by atoms with Crippen molar-refractivity contribution in [2.24, 2.45) is 0 Å². The van der Waals surface area contributed by atoms with Crippen LogP contribution in [0.1, 0.15) is 60.4 Å². The first-order valence-electron chi connectivity index (χ1n) is 12.8. The number of fused-ring (bicyclic) bond motifs is 1. The summed E-state index contributed by atoms with van der Waals surface area (Å²) in [6, 6.07) is 23.9. The third kappa shape index (κ3) is 4.63. The van der Waals surface area contributed by atoms with Gasteiger partial charge in [-0.1, -0.05) is 43.3 Å². The Morgan fingerprint density at radius 1 is 0.944 bits per heavy atom. The highest BCUT2D eigenvalue weighted by Crippen LogP contribution is 2.28. The van der Waals surface area contributed by atoms with Crippen LogP contribution >= 0.6 is 0 Å². The van der Waals surface area contributed by atoms with E-state index < -0.39 is 5.97 Å². The van der Waals surface area contributed by atoms with Gasteiger partial charge in [-0.05, 0) is 79.8 Å². The van der Waals surface area contributed by atoms with Crippen molar-refractivity contribution in [3.05, 3.63) is 84.1 Å². The second-order valence-electron chi connectivity index (χ2n) is 9.21. The number of hydrogen-bond donors (Lipinski definition) is 0. The van der Waals surface area contributed by atoms with Gasteiger partial charge in [0.05, 0.1) is 18.0 Å². The van der Waals surface area contributed by atoms with E-state index in [1.165, 1.54) is 6.42 Å². The predicted molar refractivity (Wildman–Crippen MR) is 141 cm³/mol. The highest BCUT2D eigenvalue weighted by molar-refractivity contribution is 5.95. The zero-order valence-corrected chi connectivity index (χ0v) is 20.8. The lowest BCUT2D eigenvalue weighted by Crippen LogP contribution is -2.43. The Balaban J connectivity index is 1.51. The maximum atomic E-state index is 13.2. The van der Waals surface area contributed by atoms with Gasteiger partial charge in [-0.2, -0.15) is 5.10 Å². The molecule has 6 nitrogen and oxygen atoms in total. The van der Waals surface area contributed by atoms with E-state index in [4.69, 9.17) is 4.74 Å². The zero-order chi connectivity index (χ0) is 25.1. The van der Waals surface area contributed by atoms with Crippen molar-refractivity contribution in [3.63, 3.8) is 0 Å². The minimum absolute atomic E-state index is 0.0792. The van der Waals surface area contributed by atoms with Gasteiger partial charge in [-0.3, -0.25) is 4.79 Å². The largest absolute Gasteiger partial charge is 0.461 e. The number of nitrogens with zero attached hydrogens (tertiary/aromatic N) is 3. The summed E-state index contributed by atoms with van der Waals surface area (Å²) in [5.74, 6) is -0.378. The Kier molecular flexibility index (Phi) is 6.85. The van der Waals surface area contributed by atoms with Crippen molar-refractivity contribution >= 4 is 22.6 Å². The van der Waals surface area contributed by atoms with Crippen LogP contribution in [0.2, 0.25) is 0 Å². The normalized spacial score (nSPS) is 15.7. The molecule has 184 valence electrons. The van der Waals surface area contributed by atoms with Crippen LogP contribution in [0.25, 0.3) is 27.7 Å². The van der Waals surface area contributed by atoms with Crippen LogP contribution in [0.15, 0.2) is 72.8 Å². The summed E-state index contributed by atoms with van der Waals surface area (Å²) in [5, 5.41) is 6.84. The van der Waals surface area contributed by atoms with Gasteiger partial charge in [-0.25, -0.2) is 9.48 Å². The van der Waals surface area contributed by atoms with Crippen LogP contribution in [0.3, 0.4) is 0 Å². The van der Waals surface area contributed by atoms with Crippen molar-refractivity contribution in [3.8, 4) is 16.9 Å². The van der Waals surface area contributed by atoms with Crippen LogP contribution < -0.4 is 0 Å². The number of likely N-dealkylation sites (tertiary alicyclic amines) is 1. The monoisotopic (exact) mass is 481 g/mol. The fraction of sp³-hybridized carbons (Fsp3) is 0.300. The fourth-order valence-corrected chi connectivity index (χ4v) is 5.04. The van der Waals surface area contributed by atoms with Gasteiger partial charge in [0.2, 0.25) is 0 Å². The predicted octanol–water partition coefficient (Wildman–Crippen LogP) is 6.27. The van der Waals surface area contributed by atoms with Crippen LogP contribution in [-0.2, 0) is 4.74 Å². The van der Waals surface area contributed by atoms with Crippen molar-refractivity contribution < 1.29 is 14.3 Å². The average molecular weight is 482 g/mol. The van der Waals surface area contributed by atoms with Gasteiger partial charge in [0.1, 0.15) is 0 Å².